The van der Waals surface area contributed by atoms with Crippen LogP contribution in [0.5, 0.6) is 0 Å². The van der Waals surface area contributed by atoms with Gasteiger partial charge in [-0.15, -0.1) is 0 Å². The van der Waals surface area contributed by atoms with Crippen molar-refractivity contribution in [3.05, 3.63) is 56.7 Å². The molecule has 0 radical (unpaired) electrons. The molecule has 19 heavy (non-hydrogen) atoms. The van der Waals surface area contributed by atoms with Gasteiger partial charge in [-0.05, 0) is 53.4 Å². The van der Waals surface area contributed by atoms with Crippen LogP contribution in [-0.4, -0.2) is 5.91 Å². The van der Waals surface area contributed by atoms with Crippen LogP contribution >= 0.6 is 27.3 Å². The molecule has 1 unspecified atom stereocenters. The quantitative estimate of drug-likeness (QED) is 0.864. The normalized spacial score (nSPS) is 12.1. The summed E-state index contributed by atoms with van der Waals surface area (Å²) in [7, 11) is 0. The number of benzene rings is 1. The lowest BCUT2D eigenvalue weighted by atomic mass is 10.1. The van der Waals surface area contributed by atoms with E-state index < -0.39 is 0 Å². The summed E-state index contributed by atoms with van der Waals surface area (Å²) >= 11 is 5.07. The van der Waals surface area contributed by atoms with E-state index in [2.05, 4.69) is 32.7 Å². The number of hydrogen-bond donors (Lipinski definition) is 1. The summed E-state index contributed by atoms with van der Waals surface area (Å²) < 4.78 is 1.05. The summed E-state index contributed by atoms with van der Waals surface area (Å²) in [5.41, 5.74) is 2.35. The summed E-state index contributed by atoms with van der Waals surface area (Å²) in [5, 5.41) is 7.16. The number of amides is 1. The van der Waals surface area contributed by atoms with E-state index in [1.165, 1.54) is 5.56 Å². The second-order valence-electron chi connectivity index (χ2n) is 4.47. The molecule has 0 fully saturated rings. The van der Waals surface area contributed by atoms with Gasteiger partial charge in [-0.25, -0.2) is 0 Å². The highest BCUT2D eigenvalue weighted by atomic mass is 79.9. The Bertz CT molecular complexity index is 522. The van der Waals surface area contributed by atoms with Crippen molar-refractivity contribution in [1.82, 2.24) is 5.32 Å². The molecule has 0 saturated carbocycles. The number of aryl methyl sites for hydroxylation is 1. The molecule has 0 bridgehead atoms. The van der Waals surface area contributed by atoms with E-state index in [0.29, 0.717) is 6.42 Å². The van der Waals surface area contributed by atoms with Gasteiger partial charge in [0.15, 0.2) is 0 Å². The SMILES string of the molecule is CC(NC(=O)CCc1ccsc1)c1ccc(Br)cc1. The molecule has 4 heteroatoms. The molecule has 100 valence electrons. The van der Waals surface area contributed by atoms with E-state index in [-0.39, 0.29) is 11.9 Å². The van der Waals surface area contributed by atoms with Crippen LogP contribution in [0.2, 0.25) is 0 Å². The van der Waals surface area contributed by atoms with Crippen molar-refractivity contribution in [3.63, 3.8) is 0 Å². The summed E-state index contributed by atoms with van der Waals surface area (Å²) in [6.07, 6.45) is 1.35. The average molecular weight is 338 g/mol. The maximum atomic E-state index is 11.9. The Morgan fingerprint density at radius 1 is 1.32 bits per heavy atom. The van der Waals surface area contributed by atoms with Gasteiger partial charge in [0.2, 0.25) is 5.91 Å². The lowest BCUT2D eigenvalue weighted by Gasteiger charge is -2.14. The molecule has 0 saturated heterocycles. The Balaban J connectivity index is 1.83. The summed E-state index contributed by atoms with van der Waals surface area (Å²) in [4.78, 5) is 11.9. The highest BCUT2D eigenvalue weighted by Gasteiger charge is 2.09. The van der Waals surface area contributed by atoms with Gasteiger partial charge >= 0.3 is 0 Å². The molecule has 1 heterocycles. The lowest BCUT2D eigenvalue weighted by molar-refractivity contribution is -0.121. The molecule has 1 aromatic carbocycles. The van der Waals surface area contributed by atoms with Crippen molar-refractivity contribution < 1.29 is 4.79 Å². The van der Waals surface area contributed by atoms with Crippen LogP contribution in [0.1, 0.15) is 30.5 Å². The Morgan fingerprint density at radius 3 is 2.68 bits per heavy atom. The first-order valence-electron chi connectivity index (χ1n) is 6.21. The van der Waals surface area contributed by atoms with Crippen LogP contribution in [0.25, 0.3) is 0 Å². The first-order valence-corrected chi connectivity index (χ1v) is 7.94. The molecular formula is C15H16BrNOS. The molecule has 2 aromatic rings. The van der Waals surface area contributed by atoms with E-state index in [4.69, 9.17) is 0 Å². The van der Waals surface area contributed by atoms with Crippen molar-refractivity contribution in [2.45, 2.75) is 25.8 Å². The number of hydrogen-bond acceptors (Lipinski definition) is 2. The number of rotatable bonds is 5. The molecular weight excluding hydrogens is 322 g/mol. The zero-order valence-corrected chi connectivity index (χ0v) is 13.1. The molecule has 2 rings (SSSR count). The number of carbonyl (C=O) groups is 1. The summed E-state index contributed by atoms with van der Waals surface area (Å²) in [6.45, 7) is 2.01. The topological polar surface area (TPSA) is 29.1 Å². The Kier molecular flexibility index (Phi) is 5.16. The molecule has 0 spiro atoms. The third kappa shape index (κ3) is 4.48. The molecule has 1 atom stereocenters. The van der Waals surface area contributed by atoms with Gasteiger partial charge in [0.25, 0.3) is 0 Å². The van der Waals surface area contributed by atoms with Crippen LogP contribution in [0.3, 0.4) is 0 Å². The maximum Gasteiger partial charge on any atom is 0.220 e. The van der Waals surface area contributed by atoms with Crippen molar-refractivity contribution in [1.29, 1.82) is 0 Å². The standard InChI is InChI=1S/C15H16BrNOS/c1-11(13-3-5-14(16)6-4-13)17-15(18)7-2-12-8-9-19-10-12/h3-6,8-11H,2,7H2,1H3,(H,17,18). The van der Waals surface area contributed by atoms with E-state index >= 15 is 0 Å². The average Bonchev–Trinajstić information content (AvgIpc) is 2.90. The Hall–Kier alpha value is -1.13. The zero-order valence-electron chi connectivity index (χ0n) is 10.7. The maximum absolute atomic E-state index is 11.9. The largest absolute Gasteiger partial charge is 0.350 e. The minimum Gasteiger partial charge on any atom is -0.350 e. The van der Waals surface area contributed by atoms with E-state index in [9.17, 15) is 4.79 Å². The second kappa shape index (κ2) is 6.87. The zero-order chi connectivity index (χ0) is 13.7. The van der Waals surface area contributed by atoms with E-state index in [0.717, 1.165) is 16.5 Å². The minimum atomic E-state index is 0.0445. The highest BCUT2D eigenvalue weighted by molar-refractivity contribution is 9.10. The number of nitrogens with one attached hydrogen (secondary N) is 1. The van der Waals surface area contributed by atoms with Gasteiger partial charge < -0.3 is 5.32 Å². The Labute approximate surface area is 126 Å². The molecule has 1 aromatic heterocycles. The molecule has 1 N–H and O–H groups in total. The fourth-order valence-corrected chi connectivity index (χ4v) is 2.81. The summed E-state index contributed by atoms with van der Waals surface area (Å²) in [5.74, 6) is 0.0987. The van der Waals surface area contributed by atoms with E-state index in [1.807, 2.05) is 36.6 Å². The van der Waals surface area contributed by atoms with Gasteiger partial charge in [-0.1, -0.05) is 28.1 Å². The Morgan fingerprint density at radius 2 is 2.05 bits per heavy atom. The second-order valence-corrected chi connectivity index (χ2v) is 6.17. The van der Waals surface area contributed by atoms with E-state index in [1.54, 1.807) is 11.3 Å². The van der Waals surface area contributed by atoms with Gasteiger partial charge in [0.1, 0.15) is 0 Å². The van der Waals surface area contributed by atoms with Crippen molar-refractivity contribution >= 4 is 33.2 Å². The van der Waals surface area contributed by atoms with Gasteiger partial charge in [-0.2, -0.15) is 11.3 Å². The summed E-state index contributed by atoms with van der Waals surface area (Å²) in [6, 6.07) is 10.1. The highest BCUT2D eigenvalue weighted by Crippen LogP contribution is 2.16. The third-order valence-corrected chi connectivity index (χ3v) is 4.23. The van der Waals surface area contributed by atoms with Gasteiger partial charge in [-0.3, -0.25) is 4.79 Å². The predicted octanol–water partition coefficient (Wildman–Crippen LogP) is 4.32. The molecule has 0 aliphatic heterocycles. The molecule has 0 aliphatic rings. The lowest BCUT2D eigenvalue weighted by Crippen LogP contribution is -2.26. The third-order valence-electron chi connectivity index (χ3n) is 2.97. The smallest absolute Gasteiger partial charge is 0.220 e. The van der Waals surface area contributed by atoms with Crippen LogP contribution in [-0.2, 0) is 11.2 Å². The van der Waals surface area contributed by atoms with Crippen molar-refractivity contribution in [2.75, 3.05) is 0 Å². The van der Waals surface area contributed by atoms with Crippen LogP contribution < -0.4 is 5.32 Å². The number of halogens is 1. The number of carbonyl (C=O) groups excluding carboxylic acids is 1. The first kappa shape index (κ1) is 14.3. The van der Waals surface area contributed by atoms with Crippen molar-refractivity contribution in [2.24, 2.45) is 0 Å². The molecule has 0 aliphatic carbocycles. The molecule has 1 amide bonds. The number of thiophene rings is 1. The van der Waals surface area contributed by atoms with Gasteiger partial charge in [0, 0.05) is 10.9 Å². The fraction of sp³-hybridized carbons (Fsp3) is 0.267. The van der Waals surface area contributed by atoms with Crippen LogP contribution in [0.4, 0.5) is 0 Å². The molecule has 2 nitrogen and oxygen atoms in total. The van der Waals surface area contributed by atoms with Crippen LogP contribution in [0.15, 0.2) is 45.6 Å². The minimum absolute atomic E-state index is 0.0445. The van der Waals surface area contributed by atoms with Crippen molar-refractivity contribution in [3.8, 4) is 0 Å². The van der Waals surface area contributed by atoms with Gasteiger partial charge in [0.05, 0.1) is 6.04 Å². The monoisotopic (exact) mass is 337 g/mol. The van der Waals surface area contributed by atoms with Crippen LogP contribution in [0, 0.1) is 0 Å². The predicted molar refractivity (Wildman–Crippen MR) is 83.3 cm³/mol. The fourth-order valence-electron chi connectivity index (χ4n) is 1.84. The first-order chi connectivity index (χ1) is 9.15.